The second-order valence-electron chi connectivity index (χ2n) is 5.92. The predicted octanol–water partition coefficient (Wildman–Crippen LogP) is 4.02. The van der Waals surface area contributed by atoms with Crippen LogP contribution in [-0.2, 0) is 23.6 Å². The molecule has 2 aliphatic rings. The molecule has 1 heterocycles. The molecule has 0 spiro atoms. The van der Waals surface area contributed by atoms with Gasteiger partial charge in [-0.15, -0.1) is 0 Å². The third-order valence-electron chi connectivity index (χ3n) is 3.96. The summed E-state index contributed by atoms with van der Waals surface area (Å²) in [5, 5.41) is 15.4. The standard InChI is InChI=1S/C17H15ClN3O.C5H5.Fe/c18-16-8-4-3-7-15(16)17(22)14(9-13-5-1-2-6-13)10-21-12-19-11-20-21;1-2-4-5-3-1;/h1-9,11-12,17,22H,10H2;1-5H;/q;;+2/b14-9+;;. The minimum absolute atomic E-state index is 0. The van der Waals surface area contributed by atoms with Crippen LogP contribution in [0.5, 0.6) is 0 Å². The van der Waals surface area contributed by atoms with Gasteiger partial charge in [-0.2, -0.15) is 5.10 Å². The van der Waals surface area contributed by atoms with Crippen LogP contribution in [0.15, 0.2) is 48.6 Å². The number of hydrogen-bond acceptors (Lipinski definition) is 3. The Morgan fingerprint density at radius 3 is 2.25 bits per heavy atom. The Bertz CT molecular complexity index is 703. The zero-order valence-electron chi connectivity index (χ0n) is 15.0. The van der Waals surface area contributed by atoms with Gasteiger partial charge in [0.15, 0.2) is 0 Å². The molecule has 2 fully saturated rings. The Morgan fingerprint density at radius 2 is 1.68 bits per heavy atom. The van der Waals surface area contributed by atoms with Crippen molar-refractivity contribution in [1.82, 2.24) is 14.8 Å². The average molecular weight is 434 g/mol. The topological polar surface area (TPSA) is 50.9 Å². The van der Waals surface area contributed by atoms with Gasteiger partial charge in [-0.1, -0.05) is 35.9 Å². The van der Waals surface area contributed by atoms with Gasteiger partial charge in [0.1, 0.15) is 18.8 Å². The molecule has 2 saturated carbocycles. The molecule has 1 aromatic carbocycles. The van der Waals surface area contributed by atoms with E-state index in [-0.39, 0.29) is 17.1 Å². The second-order valence-corrected chi connectivity index (χ2v) is 6.32. The molecule has 4 rings (SSSR count). The van der Waals surface area contributed by atoms with Gasteiger partial charge in [-0.3, -0.25) is 0 Å². The van der Waals surface area contributed by atoms with Crippen molar-refractivity contribution < 1.29 is 22.2 Å². The van der Waals surface area contributed by atoms with Crippen LogP contribution in [0.4, 0.5) is 0 Å². The molecule has 0 amide bonds. The van der Waals surface area contributed by atoms with E-state index in [9.17, 15) is 5.11 Å². The van der Waals surface area contributed by atoms with Crippen molar-refractivity contribution in [2.45, 2.75) is 12.6 Å². The van der Waals surface area contributed by atoms with Crippen LogP contribution in [0.25, 0.3) is 0 Å². The summed E-state index contributed by atoms with van der Waals surface area (Å²) < 4.78 is 1.68. The van der Waals surface area contributed by atoms with Gasteiger partial charge in [0.05, 0.1) is 6.54 Å². The van der Waals surface area contributed by atoms with Crippen molar-refractivity contribution in [2.75, 3.05) is 0 Å². The number of aliphatic hydroxyl groups is 1. The van der Waals surface area contributed by atoms with E-state index in [2.05, 4.69) is 10.1 Å². The molecule has 0 saturated heterocycles. The summed E-state index contributed by atoms with van der Waals surface area (Å²) in [4.78, 5) is 3.94. The van der Waals surface area contributed by atoms with Gasteiger partial charge in [-0.25, -0.2) is 9.67 Å². The first kappa shape index (κ1) is 23.2. The largest absolute Gasteiger partial charge is 2.00 e. The number of benzene rings is 1. The van der Waals surface area contributed by atoms with Crippen molar-refractivity contribution in [3.63, 3.8) is 0 Å². The molecule has 142 valence electrons. The summed E-state index contributed by atoms with van der Waals surface area (Å²) >= 11 is 6.20. The second kappa shape index (κ2) is 12.4. The van der Waals surface area contributed by atoms with Crippen LogP contribution >= 0.6 is 11.6 Å². The summed E-state index contributed by atoms with van der Waals surface area (Å²) in [5.41, 5.74) is 1.48. The molecule has 10 radical (unpaired) electrons. The molecular weight excluding hydrogens is 414 g/mol. The van der Waals surface area contributed by atoms with Gasteiger partial charge >= 0.3 is 17.1 Å². The van der Waals surface area contributed by atoms with E-state index in [0.717, 1.165) is 11.5 Å². The number of allylic oxidation sites excluding steroid dienone is 1. The number of rotatable bonds is 5. The monoisotopic (exact) mass is 433 g/mol. The summed E-state index contributed by atoms with van der Waals surface area (Å²) in [6.45, 7) is 0.442. The van der Waals surface area contributed by atoms with Crippen molar-refractivity contribution >= 4 is 11.6 Å². The molecule has 6 heteroatoms. The van der Waals surface area contributed by atoms with E-state index < -0.39 is 6.10 Å². The molecule has 1 atom stereocenters. The Hall–Kier alpha value is -1.13. The van der Waals surface area contributed by atoms with Gasteiger partial charge in [0.2, 0.25) is 0 Å². The quantitative estimate of drug-likeness (QED) is 0.725. The van der Waals surface area contributed by atoms with E-state index in [1.165, 1.54) is 6.33 Å². The molecule has 0 aliphatic heterocycles. The average Bonchev–Trinajstić information content (AvgIpc) is 3.45. The Balaban J connectivity index is 0.000000408. The van der Waals surface area contributed by atoms with Crippen molar-refractivity contribution in [1.29, 1.82) is 0 Å². The fraction of sp³-hybridized carbons (Fsp3) is 0.0909. The van der Waals surface area contributed by atoms with Crippen LogP contribution in [0.2, 0.25) is 5.02 Å². The Morgan fingerprint density at radius 1 is 1.04 bits per heavy atom. The molecule has 28 heavy (non-hydrogen) atoms. The molecule has 2 aromatic rings. The zero-order valence-corrected chi connectivity index (χ0v) is 16.9. The molecular formula is C22H20ClFeN3O+2. The first-order chi connectivity index (χ1) is 13.2. The van der Waals surface area contributed by atoms with Crippen LogP contribution in [-0.4, -0.2) is 19.9 Å². The van der Waals surface area contributed by atoms with Gasteiger partial charge in [0, 0.05) is 16.5 Å². The zero-order chi connectivity index (χ0) is 18.9. The van der Waals surface area contributed by atoms with E-state index in [1.54, 1.807) is 17.1 Å². The smallest absolute Gasteiger partial charge is 0.384 e. The number of halogens is 1. The van der Waals surface area contributed by atoms with Crippen molar-refractivity contribution in [3.05, 3.63) is 123 Å². The molecule has 4 nitrogen and oxygen atoms in total. The van der Waals surface area contributed by atoms with Crippen LogP contribution in [0, 0.1) is 63.7 Å². The molecule has 1 N–H and O–H groups in total. The SMILES string of the molecule is OC(/C(=C/[C]1[CH][CH][CH][CH]1)Cn1cncn1)c1ccccc1Cl.[CH]1[CH][CH][CH][CH]1.[Fe+2]. The minimum atomic E-state index is -0.798. The fourth-order valence-electron chi connectivity index (χ4n) is 2.63. The molecule has 1 aromatic heterocycles. The Kier molecular flexibility index (Phi) is 10.3. The maximum atomic E-state index is 10.7. The third-order valence-corrected chi connectivity index (χ3v) is 4.30. The summed E-state index contributed by atoms with van der Waals surface area (Å²) in [5.74, 6) is 1.03. The van der Waals surface area contributed by atoms with Crippen LogP contribution in [0.1, 0.15) is 11.7 Å². The maximum Gasteiger partial charge on any atom is 2.00 e. The minimum Gasteiger partial charge on any atom is -0.384 e. The predicted molar refractivity (Wildman–Crippen MR) is 106 cm³/mol. The summed E-state index contributed by atoms with van der Waals surface area (Å²) in [6, 6.07) is 7.31. The summed E-state index contributed by atoms with van der Waals surface area (Å²) in [7, 11) is 0. The Labute approximate surface area is 183 Å². The maximum absolute atomic E-state index is 10.7. The van der Waals surface area contributed by atoms with E-state index in [4.69, 9.17) is 11.6 Å². The van der Waals surface area contributed by atoms with Gasteiger partial charge in [-0.05, 0) is 69.4 Å². The third kappa shape index (κ3) is 7.04. The normalized spacial score (nSPS) is 18.3. The number of hydrogen-bond donors (Lipinski definition) is 1. The molecule has 1 unspecified atom stereocenters. The van der Waals surface area contributed by atoms with Crippen molar-refractivity contribution in [3.8, 4) is 0 Å². The van der Waals surface area contributed by atoms with E-state index in [0.29, 0.717) is 17.1 Å². The van der Waals surface area contributed by atoms with Crippen LogP contribution in [0.3, 0.4) is 0 Å². The molecule has 0 bridgehead atoms. The number of aromatic nitrogens is 3. The van der Waals surface area contributed by atoms with Crippen molar-refractivity contribution in [2.24, 2.45) is 0 Å². The number of nitrogens with zero attached hydrogens (tertiary/aromatic N) is 3. The molecule has 2 aliphatic carbocycles. The first-order valence-electron chi connectivity index (χ1n) is 8.58. The fourth-order valence-corrected chi connectivity index (χ4v) is 2.87. The van der Waals surface area contributed by atoms with Gasteiger partial charge in [0.25, 0.3) is 0 Å². The van der Waals surface area contributed by atoms with Gasteiger partial charge < -0.3 is 5.11 Å². The first-order valence-corrected chi connectivity index (χ1v) is 8.95. The summed E-state index contributed by atoms with van der Waals surface area (Å²) in [6.07, 6.45) is 22.1. The number of aliphatic hydroxyl groups excluding tert-OH is 1. The van der Waals surface area contributed by atoms with E-state index >= 15 is 0 Å². The van der Waals surface area contributed by atoms with E-state index in [1.807, 2.05) is 82.1 Å². The van der Waals surface area contributed by atoms with Crippen LogP contribution < -0.4 is 0 Å².